The summed E-state index contributed by atoms with van der Waals surface area (Å²) in [5, 5.41) is 0. The first-order valence-electron chi connectivity index (χ1n) is 0.752. The summed E-state index contributed by atoms with van der Waals surface area (Å²) in [6, 6.07) is 0. The quantitative estimate of drug-likeness (QED) is 0.255. The molecule has 1 N–H and O–H groups in total. The molecule has 6 heavy (non-hydrogen) atoms. The molecule has 0 saturated heterocycles. The van der Waals surface area contributed by atoms with Crippen LogP contribution >= 0.6 is 8.44 Å². The minimum absolute atomic E-state index is 0. The molecule has 3 nitrogen and oxygen atoms in total. The first-order valence-corrected chi connectivity index (χ1v) is 3.67. The first kappa shape index (κ1) is 10.0. The van der Waals surface area contributed by atoms with Crippen LogP contribution in [0.3, 0.4) is 0 Å². The Morgan fingerprint density at radius 3 is 1.50 bits per heavy atom. The zero-order chi connectivity index (χ0) is 4.50. The Labute approximate surface area is 50.4 Å². The van der Waals surface area contributed by atoms with Crippen molar-refractivity contribution in [3.63, 3.8) is 0 Å². The molecule has 1 unspecified atom stereocenters. The second-order valence-electron chi connectivity index (χ2n) is 0.515. The van der Waals surface area contributed by atoms with Gasteiger partial charge in [0.05, 0.1) is 0 Å². The average molecular weight is 122 g/mol. The van der Waals surface area contributed by atoms with Crippen LogP contribution in [-0.2, 0) is 9.74 Å². The summed E-state index contributed by atoms with van der Waals surface area (Å²) in [6.07, 6.45) is 0. The Kier molecular flexibility index (Phi) is 5.03. The van der Waals surface area contributed by atoms with Gasteiger partial charge >= 0.3 is 18.9 Å². The molecule has 0 aromatic rings. The molecule has 0 aliphatic carbocycles. The van der Waals surface area contributed by atoms with Gasteiger partial charge in [0.2, 0.25) is 0 Å². The zero-order valence-corrected chi connectivity index (χ0v) is 4.22. The van der Waals surface area contributed by atoms with Gasteiger partial charge in [-0.1, -0.05) is 0 Å². The van der Waals surface area contributed by atoms with Gasteiger partial charge in [-0.25, -0.2) is 0 Å². The van der Waals surface area contributed by atoms with Gasteiger partial charge in [0.25, 0.3) is 9.74 Å². The van der Waals surface area contributed by atoms with E-state index in [9.17, 15) is 0 Å². The summed E-state index contributed by atoms with van der Waals surface area (Å²) in [6.45, 7) is 0. The summed E-state index contributed by atoms with van der Waals surface area (Å²) in [7, 11) is -2.51. The summed E-state index contributed by atoms with van der Waals surface area (Å²) in [5.41, 5.74) is 0. The maximum atomic E-state index is 9.15. The average Bonchev–Trinajstić information content (AvgIpc) is 0.722. The molecule has 0 fully saturated rings. The molecule has 0 radical (unpaired) electrons. The van der Waals surface area contributed by atoms with Gasteiger partial charge in [0, 0.05) is 8.44 Å². The monoisotopic (exact) mass is 122 g/mol. The normalized spacial score (nSPS) is 9.67. The second kappa shape index (κ2) is 3.01. The Bertz CT molecular complexity index is 94.0. The molecule has 6 heteroatoms. The van der Waals surface area contributed by atoms with Crippen molar-refractivity contribution < 1.29 is 13.0 Å². The molecule has 0 spiro atoms. The van der Waals surface area contributed by atoms with E-state index in [4.69, 9.17) is 13.0 Å². The van der Waals surface area contributed by atoms with Crippen molar-refractivity contribution in [2.24, 2.45) is 0 Å². The standard InChI is InChI=1S/Li.H3O3PS.H/c;1-5(2,3)4;/h;4H2,(H,1,2,3);. The van der Waals surface area contributed by atoms with Gasteiger partial charge in [0.1, 0.15) is 0 Å². The Morgan fingerprint density at radius 1 is 1.50 bits per heavy atom. The van der Waals surface area contributed by atoms with E-state index < -0.39 is 9.74 Å². The summed E-state index contributed by atoms with van der Waals surface area (Å²) in [5.74, 6) is 0. The van der Waals surface area contributed by atoms with Gasteiger partial charge in [-0.05, 0) is 0 Å². The van der Waals surface area contributed by atoms with Crippen molar-refractivity contribution >= 4 is 37.0 Å². The van der Waals surface area contributed by atoms with Gasteiger partial charge in [-0.15, -0.1) is 0 Å². The molecular weight excluding hydrogens is 118 g/mol. The van der Waals surface area contributed by atoms with Crippen LogP contribution in [0.5, 0.6) is 0 Å². The topological polar surface area (TPSA) is 54.4 Å². The summed E-state index contributed by atoms with van der Waals surface area (Å²) >= 11 is 0. The molecule has 1 atom stereocenters. The van der Waals surface area contributed by atoms with Gasteiger partial charge < -0.3 is 0 Å². The second-order valence-corrected chi connectivity index (χ2v) is 3.33. The van der Waals surface area contributed by atoms with Crippen molar-refractivity contribution in [3.05, 3.63) is 0 Å². The van der Waals surface area contributed by atoms with Gasteiger partial charge in [0.15, 0.2) is 0 Å². The van der Waals surface area contributed by atoms with E-state index in [-0.39, 0.29) is 18.9 Å². The Hall–Kier alpha value is 0.937. The van der Waals surface area contributed by atoms with E-state index in [2.05, 4.69) is 0 Å². The molecule has 0 bridgehead atoms. The van der Waals surface area contributed by atoms with Crippen molar-refractivity contribution in [2.45, 2.75) is 0 Å². The molecule has 0 aliphatic heterocycles. The van der Waals surface area contributed by atoms with Gasteiger partial charge in [-0.2, -0.15) is 8.42 Å². The predicted octanol–water partition coefficient (Wildman–Crippen LogP) is -0.984. The van der Waals surface area contributed by atoms with E-state index in [0.717, 1.165) is 0 Å². The van der Waals surface area contributed by atoms with Crippen LogP contribution in [0, 0.1) is 0 Å². The number of hydrogen-bond acceptors (Lipinski definition) is 2. The van der Waals surface area contributed by atoms with Crippen molar-refractivity contribution in [1.82, 2.24) is 0 Å². The third-order valence-electron chi connectivity index (χ3n) is 0. The Balaban J connectivity index is 0. The fourth-order valence-electron chi connectivity index (χ4n) is 0. The molecular formula is H4LiO3PS. The summed E-state index contributed by atoms with van der Waals surface area (Å²) < 4.78 is 25.8. The van der Waals surface area contributed by atoms with E-state index >= 15 is 0 Å². The summed E-state index contributed by atoms with van der Waals surface area (Å²) in [4.78, 5) is 0. The SMILES string of the molecule is O=S(=O)(O)P.[LiH]. The molecule has 0 aliphatic rings. The predicted molar refractivity (Wildman–Crippen MR) is 28.4 cm³/mol. The van der Waals surface area contributed by atoms with Crippen LogP contribution in [0.1, 0.15) is 0 Å². The molecule has 34 valence electrons. The first-order chi connectivity index (χ1) is 2.00. The maximum absolute atomic E-state index is 9.15. The Morgan fingerprint density at radius 2 is 1.50 bits per heavy atom. The van der Waals surface area contributed by atoms with Crippen LogP contribution < -0.4 is 0 Å². The van der Waals surface area contributed by atoms with Crippen LogP contribution in [0.2, 0.25) is 0 Å². The van der Waals surface area contributed by atoms with Crippen LogP contribution in [0.4, 0.5) is 0 Å². The van der Waals surface area contributed by atoms with Crippen molar-refractivity contribution in [3.8, 4) is 0 Å². The van der Waals surface area contributed by atoms with Crippen molar-refractivity contribution in [1.29, 1.82) is 0 Å². The van der Waals surface area contributed by atoms with E-state index in [1.807, 2.05) is 0 Å². The van der Waals surface area contributed by atoms with E-state index in [1.54, 1.807) is 0 Å². The molecule has 0 heterocycles. The zero-order valence-electron chi connectivity index (χ0n) is 2.25. The molecule has 0 aromatic heterocycles. The minimum atomic E-state index is -3.75. The van der Waals surface area contributed by atoms with Gasteiger partial charge in [-0.3, -0.25) is 4.55 Å². The van der Waals surface area contributed by atoms with Crippen LogP contribution in [-0.4, -0.2) is 31.8 Å². The number of rotatable bonds is 0. The van der Waals surface area contributed by atoms with E-state index in [0.29, 0.717) is 0 Å². The fourth-order valence-corrected chi connectivity index (χ4v) is 0. The van der Waals surface area contributed by atoms with Crippen molar-refractivity contribution in [2.75, 3.05) is 0 Å². The molecule has 0 aromatic carbocycles. The number of hydrogen-bond donors (Lipinski definition) is 1. The molecule has 0 saturated carbocycles. The van der Waals surface area contributed by atoms with Crippen LogP contribution in [0.25, 0.3) is 0 Å². The van der Waals surface area contributed by atoms with E-state index in [1.165, 1.54) is 8.44 Å². The third-order valence-corrected chi connectivity index (χ3v) is 0. The fraction of sp³-hybridized carbons (Fsp3) is 0. The molecule has 0 rings (SSSR count). The molecule has 0 amide bonds. The van der Waals surface area contributed by atoms with Crippen LogP contribution in [0.15, 0.2) is 0 Å². The third kappa shape index (κ3) is 87.1.